The quantitative estimate of drug-likeness (QED) is 0.0109. The molecule has 117 heavy (non-hydrogen) atoms. The van der Waals surface area contributed by atoms with E-state index in [2.05, 4.69) is 76.4 Å². The van der Waals surface area contributed by atoms with Crippen molar-refractivity contribution in [3.8, 4) is 5.75 Å². The van der Waals surface area contributed by atoms with Crippen LogP contribution in [-0.4, -0.2) is 231 Å². The summed E-state index contributed by atoms with van der Waals surface area (Å²) in [5.74, 6) is -17.4. The summed E-state index contributed by atoms with van der Waals surface area (Å²) in [5.41, 5.74) is 35.7. The van der Waals surface area contributed by atoms with Crippen molar-refractivity contribution in [3.05, 3.63) is 102 Å². The number of amides is 15. The van der Waals surface area contributed by atoms with Crippen LogP contribution >= 0.6 is 12.6 Å². The van der Waals surface area contributed by atoms with E-state index in [1.807, 2.05) is 0 Å². The molecule has 1 fully saturated rings. The molecule has 1 heterocycles. The van der Waals surface area contributed by atoms with E-state index in [0.29, 0.717) is 23.1 Å². The van der Waals surface area contributed by atoms with Crippen LogP contribution in [0.25, 0.3) is 0 Å². The molecule has 14 atom stereocenters. The van der Waals surface area contributed by atoms with Gasteiger partial charge >= 0.3 is 5.97 Å². The number of hydrogen-bond donors (Lipinski definition) is 23. The van der Waals surface area contributed by atoms with E-state index in [9.17, 15) is 92.0 Å². The predicted molar refractivity (Wildman–Crippen MR) is 431 cm³/mol. The van der Waals surface area contributed by atoms with Crippen LogP contribution in [0, 0.1) is 17.2 Å². The van der Waals surface area contributed by atoms with E-state index >= 15 is 0 Å². The Labute approximate surface area is 683 Å². The van der Waals surface area contributed by atoms with Crippen molar-refractivity contribution in [2.75, 3.05) is 25.4 Å². The van der Waals surface area contributed by atoms with Crippen molar-refractivity contribution in [2.45, 2.75) is 228 Å². The van der Waals surface area contributed by atoms with Gasteiger partial charge in [0.05, 0.1) is 18.6 Å². The molecule has 0 spiro atoms. The van der Waals surface area contributed by atoms with Gasteiger partial charge in [-0.1, -0.05) is 100 Å². The molecule has 15 amide bonds. The normalized spacial score (nSPS) is 15.8. The number of carbonyl (C=O) groups is 16. The maximum absolute atomic E-state index is 14.7. The van der Waals surface area contributed by atoms with Crippen LogP contribution in [-0.2, 0) is 96.0 Å². The Balaban J connectivity index is 1.57. The van der Waals surface area contributed by atoms with Gasteiger partial charge < -0.3 is 118 Å². The average Bonchev–Trinajstić information content (AvgIpc) is 1.72. The van der Waals surface area contributed by atoms with Gasteiger partial charge in [0.1, 0.15) is 78.3 Å². The molecule has 1 saturated heterocycles. The first-order valence-corrected chi connectivity index (χ1v) is 39.3. The van der Waals surface area contributed by atoms with Gasteiger partial charge in [-0.2, -0.15) is 12.6 Å². The number of thiol groups is 1. The van der Waals surface area contributed by atoms with E-state index < -0.39 is 211 Å². The number of carboxylic acid groups (broad SMARTS) is 1. The number of guanidine groups is 1. The number of nitrogens with one attached hydrogen (secondary N) is 13. The summed E-state index contributed by atoms with van der Waals surface area (Å²) in [6.07, 6.45) is -4.18. The average molecular weight is 1660 g/mol. The van der Waals surface area contributed by atoms with E-state index in [-0.39, 0.29) is 120 Å². The van der Waals surface area contributed by atoms with Gasteiger partial charge in [-0.15, -0.1) is 0 Å². The minimum Gasteiger partial charge on any atom is -0.508 e. The van der Waals surface area contributed by atoms with Crippen molar-refractivity contribution >= 4 is 113 Å². The first-order valence-electron chi connectivity index (χ1n) is 38.7. The van der Waals surface area contributed by atoms with Crippen molar-refractivity contribution in [3.63, 3.8) is 0 Å². The lowest BCUT2D eigenvalue weighted by Gasteiger charge is -2.31. The lowest BCUT2D eigenvalue weighted by Crippen LogP contribution is -2.62. The molecular formula is C77H116N20O19S. The largest absolute Gasteiger partial charge is 0.508 e. The minimum absolute atomic E-state index is 0.00899. The highest BCUT2D eigenvalue weighted by Gasteiger charge is 2.42. The van der Waals surface area contributed by atoms with Crippen LogP contribution in [0.15, 0.2) is 84.9 Å². The summed E-state index contributed by atoms with van der Waals surface area (Å²) in [4.78, 5) is 222. The Bertz CT molecular complexity index is 3880. The van der Waals surface area contributed by atoms with Crippen LogP contribution in [0.1, 0.15) is 141 Å². The number of carboxylic acids is 1. The molecule has 1 unspecified atom stereocenters. The van der Waals surface area contributed by atoms with Crippen LogP contribution in [0.3, 0.4) is 0 Å². The zero-order chi connectivity index (χ0) is 87.2. The monoisotopic (exact) mass is 1660 g/mol. The molecule has 0 saturated carbocycles. The number of primary amides is 3. The second-order valence-corrected chi connectivity index (χ2v) is 30.0. The van der Waals surface area contributed by atoms with Crippen LogP contribution in [0.5, 0.6) is 5.75 Å². The Morgan fingerprint density at radius 1 is 0.487 bits per heavy atom. The summed E-state index contributed by atoms with van der Waals surface area (Å²) in [7, 11) is 0. The van der Waals surface area contributed by atoms with E-state index in [0.717, 1.165) is 6.92 Å². The van der Waals surface area contributed by atoms with Crippen LogP contribution in [0.4, 0.5) is 0 Å². The van der Waals surface area contributed by atoms with Crippen molar-refractivity contribution in [1.29, 1.82) is 5.41 Å². The zero-order valence-corrected chi connectivity index (χ0v) is 67.3. The van der Waals surface area contributed by atoms with Crippen molar-refractivity contribution < 1.29 is 92.0 Å². The number of unbranched alkanes of at least 4 members (excludes halogenated alkanes) is 1. The fourth-order valence-electron chi connectivity index (χ4n) is 12.6. The number of phenols is 1. The van der Waals surface area contributed by atoms with Crippen molar-refractivity contribution in [2.24, 2.45) is 46.2 Å². The Morgan fingerprint density at radius 2 is 0.923 bits per heavy atom. The second kappa shape index (κ2) is 50.1. The molecule has 28 N–H and O–H groups in total. The van der Waals surface area contributed by atoms with Gasteiger partial charge in [-0.25, -0.2) is 0 Å². The Morgan fingerprint density at radius 3 is 1.42 bits per heavy atom. The van der Waals surface area contributed by atoms with Gasteiger partial charge in [-0.05, 0) is 131 Å². The number of rotatable bonds is 52. The van der Waals surface area contributed by atoms with Gasteiger partial charge in [0, 0.05) is 44.5 Å². The number of aliphatic hydroxyl groups is 1. The van der Waals surface area contributed by atoms with Crippen molar-refractivity contribution in [1.82, 2.24) is 68.7 Å². The van der Waals surface area contributed by atoms with Gasteiger partial charge in [0.15, 0.2) is 5.96 Å². The summed E-state index contributed by atoms with van der Waals surface area (Å²) < 4.78 is 0. The minimum atomic E-state index is -1.96. The number of phenolic OH excluding ortho intramolecular Hbond substituents is 1. The Hall–Kier alpha value is -11.5. The third kappa shape index (κ3) is 35.2. The molecule has 0 radical (unpaired) electrons. The third-order valence-electron chi connectivity index (χ3n) is 18.8. The smallest absolute Gasteiger partial charge is 0.303 e. The van der Waals surface area contributed by atoms with E-state index in [4.69, 9.17) is 39.8 Å². The third-order valence-corrected chi connectivity index (χ3v) is 19.2. The van der Waals surface area contributed by atoms with Gasteiger partial charge in [0.2, 0.25) is 88.6 Å². The number of likely N-dealkylation sites (tertiary alicyclic amines) is 1. The summed E-state index contributed by atoms with van der Waals surface area (Å²) in [6.45, 7) is 8.33. The highest BCUT2D eigenvalue weighted by Crippen LogP contribution is 2.22. The number of benzene rings is 3. The fraction of sp³-hybridized carbons (Fsp3) is 0.545. The Kier molecular flexibility index (Phi) is 41.9. The molecule has 644 valence electrons. The molecule has 1 aliphatic heterocycles. The number of aliphatic carboxylic acids is 1. The summed E-state index contributed by atoms with van der Waals surface area (Å²) in [6, 6.07) is 2.65. The van der Waals surface area contributed by atoms with Gasteiger partial charge in [-0.3, -0.25) is 82.1 Å². The maximum Gasteiger partial charge on any atom is 0.303 e. The number of carbonyl (C=O) groups excluding carboxylic acids is 15. The van der Waals surface area contributed by atoms with Gasteiger partial charge in [0.25, 0.3) is 0 Å². The lowest BCUT2D eigenvalue weighted by atomic mass is 10.0. The number of aliphatic hydroxyl groups excluding tert-OH is 1. The fourth-order valence-corrected chi connectivity index (χ4v) is 12.9. The topological polar surface area (TPSA) is 661 Å². The molecule has 3 aromatic carbocycles. The summed E-state index contributed by atoms with van der Waals surface area (Å²) >= 11 is 4.31. The molecule has 0 aromatic heterocycles. The maximum atomic E-state index is 14.7. The molecular weight excluding hydrogens is 1540 g/mol. The second-order valence-electron chi connectivity index (χ2n) is 29.6. The number of hydrogen-bond acceptors (Lipinski definition) is 22. The number of nitrogens with two attached hydrogens (primary N) is 6. The zero-order valence-electron chi connectivity index (χ0n) is 66.4. The first-order chi connectivity index (χ1) is 55.3. The number of aromatic hydroxyl groups is 1. The molecule has 1 aliphatic rings. The summed E-state index contributed by atoms with van der Waals surface area (Å²) in [5, 5.41) is 68.2. The van der Waals surface area contributed by atoms with E-state index in [1.54, 1.807) is 88.4 Å². The highest BCUT2D eigenvalue weighted by atomic mass is 32.1. The molecule has 40 heteroatoms. The molecule has 4 rings (SSSR count). The molecule has 0 bridgehead atoms. The SMILES string of the molecule is CC(C)C[C@H](NC(=O)[C@@H](NC(=O)[C@H](Cc1ccccc1)NC(=O)[C@H](CC(N)=O)NC(=O)[C@H](CCC(N)=O)NC(=O)[C@H](CC(C)C)NC(=O)[C@@H]1CCCN1C(=O)[C@H](CCCCN)NC(=O)[C@H](CCC(=O)O)NC(=O)[C@@H](N)Cc1ccc(O)cc1)[C@@H](C)O)C(=O)N[C@@H](CS)C(=O)N[C@@H](Cc1ccccc1)C(=O)NC(CCCNC(=N)N)C(N)=O. The lowest BCUT2D eigenvalue weighted by molar-refractivity contribution is -0.143. The first kappa shape index (κ1) is 97.8. The van der Waals surface area contributed by atoms with E-state index in [1.165, 1.54) is 29.2 Å². The molecule has 3 aromatic rings. The van der Waals surface area contributed by atoms with Crippen LogP contribution < -0.4 is 98.2 Å². The van der Waals surface area contributed by atoms with Crippen LogP contribution in [0.2, 0.25) is 0 Å². The standard InChI is InChI=1S/C77H116N20O19S/c1-41(2)34-53(93-74(114)59-22-15-33-97(59)76(116)52(20-12-13-31-78)89-66(106)51(28-30-62(102)103)87-65(105)48(79)36-46-23-25-47(99)26-24-46)68(108)88-50(27-29-60(80)100)67(107)92-57(39-61(81)101)71(111)90-56(38-45-18-10-7-11-19-45)72(112)96-63(43(5)98)75(115)94-54(35-42(3)4)69(109)95-58(40-117)73(113)91-55(37-44-16-8-6-9-17-44)70(110)86-49(64(82)104)21-14-32-85-77(83)84/h6-11,16-19,23-26,41-43,48-59,63,98-99,117H,12-15,20-22,27-40,78-79H2,1-5H3,(H2,80,100)(H2,81,101)(H2,82,104)(H,86,110)(H,87,105)(H,88,108)(H,89,106)(H,90,111)(H,91,113)(H,92,107)(H,93,114)(H,94,115)(H,95,109)(H,96,112)(H,102,103)(H4,83,84,85)/t43-,48+,49?,50+,51+,52+,53+,54+,55+,56+,57+,58+,59+,63+/m1/s1. The predicted octanol–water partition coefficient (Wildman–Crippen LogP) is -4.64. The molecule has 39 nitrogen and oxygen atoms in total. The molecule has 0 aliphatic carbocycles. The highest BCUT2D eigenvalue weighted by molar-refractivity contribution is 7.80. The number of nitrogens with zero attached hydrogens (tertiary/aromatic N) is 1.